The minimum Gasteiger partial charge on any atom is -0.392 e. The number of rotatable bonds is 6. The molecular formula is C16H29NO. The quantitative estimate of drug-likeness (QED) is 0.730. The Labute approximate surface area is 112 Å². The van der Waals surface area contributed by atoms with Crippen molar-refractivity contribution in [3.8, 4) is 0 Å². The molecule has 0 aromatic rings. The van der Waals surface area contributed by atoms with Crippen molar-refractivity contribution < 1.29 is 5.11 Å². The Bertz CT molecular complexity index is 304. The van der Waals surface area contributed by atoms with E-state index in [2.05, 4.69) is 44.4 Å². The van der Waals surface area contributed by atoms with E-state index in [1.54, 1.807) is 0 Å². The fraction of sp³-hybridized carbons (Fsp3) is 0.750. The second kappa shape index (κ2) is 6.53. The van der Waals surface area contributed by atoms with Crippen LogP contribution in [-0.4, -0.2) is 34.2 Å². The van der Waals surface area contributed by atoms with Crippen molar-refractivity contribution in [2.75, 3.05) is 6.54 Å². The highest BCUT2D eigenvalue weighted by atomic mass is 16.3. The Morgan fingerprint density at radius 1 is 1.56 bits per heavy atom. The van der Waals surface area contributed by atoms with Crippen LogP contribution in [0.1, 0.15) is 53.4 Å². The summed E-state index contributed by atoms with van der Waals surface area (Å²) < 4.78 is 0. The van der Waals surface area contributed by atoms with E-state index in [1.807, 2.05) is 6.92 Å². The number of allylic oxidation sites excluding steroid dienone is 2. The third-order valence-corrected chi connectivity index (χ3v) is 4.16. The third kappa shape index (κ3) is 3.69. The standard InChI is InChI=1S/C16H29NO/c1-6-16(5,11-7-9-13(2)3)17-12-8-10-15(17)14(4)18/h6,9,14-15,18H,1,7-8,10-12H2,2-5H3/t14?,15-,16-/m0/s1. The molecule has 2 nitrogen and oxygen atoms in total. The van der Waals surface area contributed by atoms with Crippen LogP contribution in [0.2, 0.25) is 0 Å². The molecule has 1 aliphatic heterocycles. The molecule has 1 heterocycles. The number of nitrogens with zero attached hydrogens (tertiary/aromatic N) is 1. The van der Waals surface area contributed by atoms with Crippen LogP contribution >= 0.6 is 0 Å². The molecule has 104 valence electrons. The van der Waals surface area contributed by atoms with Gasteiger partial charge in [0.25, 0.3) is 0 Å². The molecule has 0 bridgehead atoms. The molecule has 0 aromatic carbocycles. The maximum atomic E-state index is 9.91. The van der Waals surface area contributed by atoms with Crippen molar-refractivity contribution in [3.05, 3.63) is 24.3 Å². The van der Waals surface area contributed by atoms with E-state index in [-0.39, 0.29) is 11.6 Å². The zero-order chi connectivity index (χ0) is 13.8. The topological polar surface area (TPSA) is 23.5 Å². The Morgan fingerprint density at radius 3 is 2.72 bits per heavy atom. The molecule has 0 radical (unpaired) electrons. The first-order chi connectivity index (χ1) is 8.40. The molecule has 1 aliphatic rings. The molecule has 0 saturated carbocycles. The molecule has 0 aromatic heterocycles. The monoisotopic (exact) mass is 251 g/mol. The highest BCUT2D eigenvalue weighted by Crippen LogP contribution is 2.32. The van der Waals surface area contributed by atoms with Gasteiger partial charge in [-0.15, -0.1) is 6.58 Å². The van der Waals surface area contributed by atoms with E-state index in [1.165, 1.54) is 12.0 Å². The van der Waals surface area contributed by atoms with Gasteiger partial charge in [-0.05, 0) is 59.9 Å². The van der Waals surface area contributed by atoms with Crippen LogP contribution in [0.5, 0.6) is 0 Å². The molecule has 0 spiro atoms. The highest BCUT2D eigenvalue weighted by molar-refractivity contribution is 5.07. The molecule has 2 heteroatoms. The van der Waals surface area contributed by atoms with Crippen molar-refractivity contribution >= 4 is 0 Å². The first-order valence-corrected chi connectivity index (χ1v) is 7.12. The first-order valence-electron chi connectivity index (χ1n) is 7.12. The van der Waals surface area contributed by atoms with Gasteiger partial charge in [0.15, 0.2) is 0 Å². The molecule has 18 heavy (non-hydrogen) atoms. The Morgan fingerprint density at radius 2 is 2.22 bits per heavy atom. The molecule has 1 rings (SSSR count). The van der Waals surface area contributed by atoms with Crippen molar-refractivity contribution in [1.29, 1.82) is 0 Å². The molecule has 1 fully saturated rings. The van der Waals surface area contributed by atoms with Crippen LogP contribution < -0.4 is 0 Å². The van der Waals surface area contributed by atoms with Crippen LogP contribution in [0.15, 0.2) is 24.3 Å². The smallest absolute Gasteiger partial charge is 0.0667 e. The van der Waals surface area contributed by atoms with E-state index in [9.17, 15) is 5.11 Å². The lowest BCUT2D eigenvalue weighted by Crippen LogP contribution is -2.50. The van der Waals surface area contributed by atoms with Crippen LogP contribution in [0.3, 0.4) is 0 Å². The van der Waals surface area contributed by atoms with Crippen molar-refractivity contribution in [3.63, 3.8) is 0 Å². The van der Waals surface area contributed by atoms with Crippen LogP contribution in [0, 0.1) is 0 Å². The average Bonchev–Trinajstić information content (AvgIpc) is 2.77. The molecule has 1 saturated heterocycles. The summed E-state index contributed by atoms with van der Waals surface area (Å²) in [6.45, 7) is 13.5. The van der Waals surface area contributed by atoms with Crippen molar-refractivity contribution in [1.82, 2.24) is 4.90 Å². The fourth-order valence-corrected chi connectivity index (χ4v) is 2.94. The van der Waals surface area contributed by atoms with Gasteiger partial charge in [-0.3, -0.25) is 4.90 Å². The minimum atomic E-state index is -0.254. The van der Waals surface area contributed by atoms with E-state index in [0.717, 1.165) is 25.8 Å². The van der Waals surface area contributed by atoms with Crippen LogP contribution in [0.4, 0.5) is 0 Å². The van der Waals surface area contributed by atoms with Gasteiger partial charge in [0.2, 0.25) is 0 Å². The molecule has 1 N–H and O–H groups in total. The summed E-state index contributed by atoms with van der Waals surface area (Å²) in [5.41, 5.74) is 1.37. The van der Waals surface area contributed by atoms with Crippen molar-refractivity contribution in [2.24, 2.45) is 0 Å². The number of aliphatic hydroxyl groups is 1. The summed E-state index contributed by atoms with van der Waals surface area (Å²) in [6, 6.07) is 0.291. The maximum absolute atomic E-state index is 9.91. The van der Waals surface area contributed by atoms with Gasteiger partial charge in [0.05, 0.1) is 6.10 Å². The van der Waals surface area contributed by atoms with Crippen molar-refractivity contribution in [2.45, 2.75) is 71.1 Å². The number of hydrogen-bond acceptors (Lipinski definition) is 2. The number of likely N-dealkylation sites (tertiary alicyclic amines) is 1. The molecular weight excluding hydrogens is 222 g/mol. The lowest BCUT2D eigenvalue weighted by atomic mass is 9.91. The maximum Gasteiger partial charge on any atom is 0.0667 e. The lowest BCUT2D eigenvalue weighted by Gasteiger charge is -2.41. The van der Waals surface area contributed by atoms with Gasteiger partial charge >= 0.3 is 0 Å². The van der Waals surface area contributed by atoms with Gasteiger partial charge < -0.3 is 5.11 Å². The van der Waals surface area contributed by atoms with Gasteiger partial charge in [-0.1, -0.05) is 17.7 Å². The SMILES string of the molecule is C=C[C@@](C)(CCC=C(C)C)N1CCC[C@H]1C(C)O. The van der Waals surface area contributed by atoms with E-state index >= 15 is 0 Å². The van der Waals surface area contributed by atoms with Gasteiger partial charge in [-0.25, -0.2) is 0 Å². The lowest BCUT2D eigenvalue weighted by molar-refractivity contribution is 0.0367. The average molecular weight is 251 g/mol. The molecule has 3 atom stereocenters. The summed E-state index contributed by atoms with van der Waals surface area (Å²) in [7, 11) is 0. The molecule has 0 amide bonds. The highest BCUT2D eigenvalue weighted by Gasteiger charge is 2.38. The second-order valence-electron chi connectivity index (χ2n) is 6.03. The first kappa shape index (κ1) is 15.5. The van der Waals surface area contributed by atoms with E-state index < -0.39 is 0 Å². The van der Waals surface area contributed by atoms with E-state index in [0.29, 0.717) is 6.04 Å². The predicted molar refractivity (Wildman–Crippen MR) is 78.7 cm³/mol. The van der Waals surface area contributed by atoms with Gasteiger partial charge in [-0.2, -0.15) is 0 Å². The normalized spacial score (nSPS) is 25.5. The van der Waals surface area contributed by atoms with Gasteiger partial charge in [0, 0.05) is 11.6 Å². The summed E-state index contributed by atoms with van der Waals surface area (Å²) in [5.74, 6) is 0. The number of aliphatic hydroxyl groups excluding tert-OH is 1. The zero-order valence-corrected chi connectivity index (χ0v) is 12.4. The largest absolute Gasteiger partial charge is 0.392 e. The summed E-state index contributed by atoms with van der Waals surface area (Å²) >= 11 is 0. The molecule has 1 unspecified atom stereocenters. The summed E-state index contributed by atoms with van der Waals surface area (Å²) in [4.78, 5) is 2.45. The van der Waals surface area contributed by atoms with Gasteiger partial charge in [0.1, 0.15) is 0 Å². The second-order valence-corrected chi connectivity index (χ2v) is 6.03. The Kier molecular flexibility index (Phi) is 5.61. The fourth-order valence-electron chi connectivity index (χ4n) is 2.94. The van der Waals surface area contributed by atoms with Crippen LogP contribution in [0.25, 0.3) is 0 Å². The number of hydrogen-bond donors (Lipinski definition) is 1. The zero-order valence-electron chi connectivity index (χ0n) is 12.4. The van der Waals surface area contributed by atoms with E-state index in [4.69, 9.17) is 0 Å². The molecule has 0 aliphatic carbocycles. The summed E-state index contributed by atoms with van der Waals surface area (Å²) in [5, 5.41) is 9.91. The third-order valence-electron chi connectivity index (χ3n) is 4.16. The predicted octanol–water partition coefficient (Wildman–Crippen LogP) is 3.52. The Balaban J connectivity index is 2.73. The Hall–Kier alpha value is -0.600. The van der Waals surface area contributed by atoms with Crippen LogP contribution in [-0.2, 0) is 0 Å². The summed E-state index contributed by atoms with van der Waals surface area (Å²) in [6.07, 6.45) is 8.53. The minimum absolute atomic E-state index is 0.00407.